The van der Waals surface area contributed by atoms with Crippen molar-refractivity contribution in [3.63, 3.8) is 0 Å². The third-order valence-electron chi connectivity index (χ3n) is 3.46. The molecule has 0 saturated carbocycles. The molecule has 2 aromatic rings. The lowest BCUT2D eigenvalue weighted by atomic mass is 10.1. The van der Waals surface area contributed by atoms with Gasteiger partial charge in [0.05, 0.1) is 6.61 Å². The van der Waals surface area contributed by atoms with Crippen LogP contribution in [-0.4, -0.2) is 24.5 Å². The second-order valence-electron chi connectivity index (χ2n) is 4.98. The van der Waals surface area contributed by atoms with Crippen LogP contribution in [0.15, 0.2) is 41.5 Å². The zero-order valence-corrected chi connectivity index (χ0v) is 12.3. The Morgan fingerprint density at radius 3 is 3.05 bits per heavy atom. The molecule has 3 nitrogen and oxygen atoms in total. The van der Waals surface area contributed by atoms with E-state index in [1.165, 1.54) is 15.6 Å². The van der Waals surface area contributed by atoms with Crippen molar-refractivity contribution < 1.29 is 9.53 Å². The molecule has 0 fully saturated rings. The number of allylic oxidation sites excluding steroid dienone is 1. The van der Waals surface area contributed by atoms with Gasteiger partial charge in [0.25, 0.3) is 5.91 Å². The van der Waals surface area contributed by atoms with Gasteiger partial charge in [0, 0.05) is 18.3 Å². The molecule has 4 heteroatoms. The van der Waals surface area contributed by atoms with Gasteiger partial charge in [-0.1, -0.05) is 18.2 Å². The fourth-order valence-corrected chi connectivity index (χ4v) is 3.33. The van der Waals surface area contributed by atoms with Gasteiger partial charge in [0.15, 0.2) is 5.76 Å². The molecule has 0 saturated heterocycles. The molecule has 0 unspecified atom stereocenters. The Hall–Kier alpha value is -1.81. The maximum absolute atomic E-state index is 12.3. The van der Waals surface area contributed by atoms with E-state index in [1.54, 1.807) is 16.2 Å². The van der Waals surface area contributed by atoms with Crippen LogP contribution in [0.4, 0.5) is 0 Å². The number of likely N-dealkylation sites (N-methyl/N-ethyl adjacent to an activating group) is 1. The molecule has 0 aliphatic carbocycles. The van der Waals surface area contributed by atoms with Gasteiger partial charge in [-0.25, -0.2) is 0 Å². The Bertz CT molecular complexity index is 659. The van der Waals surface area contributed by atoms with Gasteiger partial charge < -0.3 is 9.64 Å². The molecular weight excluding hydrogens is 270 g/mol. The predicted octanol–water partition coefficient (Wildman–Crippen LogP) is 3.55. The lowest BCUT2D eigenvalue weighted by Gasteiger charge is -2.21. The average Bonchev–Trinajstić information content (AvgIpc) is 2.91. The number of rotatable bonds is 3. The molecule has 1 aromatic carbocycles. The van der Waals surface area contributed by atoms with E-state index in [1.807, 2.05) is 25.3 Å². The molecule has 2 heterocycles. The summed E-state index contributed by atoms with van der Waals surface area (Å²) in [4.78, 5) is 14.0. The lowest BCUT2D eigenvalue weighted by molar-refractivity contribution is -0.130. The summed E-state index contributed by atoms with van der Waals surface area (Å²) in [6, 6.07) is 8.29. The molecule has 0 radical (unpaired) electrons. The highest BCUT2D eigenvalue weighted by Gasteiger charge is 2.19. The molecule has 20 heavy (non-hydrogen) atoms. The van der Waals surface area contributed by atoms with Crippen molar-refractivity contribution in [1.82, 2.24) is 4.90 Å². The zero-order valence-electron chi connectivity index (χ0n) is 11.5. The predicted molar refractivity (Wildman–Crippen MR) is 81.6 cm³/mol. The summed E-state index contributed by atoms with van der Waals surface area (Å²) in [6.45, 7) is 1.26. The molecule has 0 spiro atoms. The minimum atomic E-state index is -0.0278. The van der Waals surface area contributed by atoms with Gasteiger partial charge in [0.1, 0.15) is 0 Å². The van der Waals surface area contributed by atoms with Gasteiger partial charge in [-0.2, -0.15) is 0 Å². The molecule has 0 atom stereocenters. The number of thiophene rings is 1. The van der Waals surface area contributed by atoms with E-state index in [-0.39, 0.29) is 5.91 Å². The summed E-state index contributed by atoms with van der Waals surface area (Å²) in [5.41, 5.74) is 1.19. The van der Waals surface area contributed by atoms with Crippen LogP contribution in [0.3, 0.4) is 0 Å². The van der Waals surface area contributed by atoms with Gasteiger partial charge in [-0.05, 0) is 41.3 Å². The van der Waals surface area contributed by atoms with Crippen LogP contribution < -0.4 is 0 Å². The molecular formula is C16H17NO2S. The number of nitrogens with zero attached hydrogens (tertiary/aromatic N) is 1. The van der Waals surface area contributed by atoms with E-state index in [0.29, 0.717) is 18.9 Å². The normalized spacial score (nSPS) is 14.8. The molecule has 3 rings (SSSR count). The highest BCUT2D eigenvalue weighted by atomic mass is 32.1. The second kappa shape index (κ2) is 5.67. The van der Waals surface area contributed by atoms with Crippen LogP contribution in [0.25, 0.3) is 10.1 Å². The van der Waals surface area contributed by atoms with E-state index in [2.05, 4.69) is 17.5 Å². The van der Waals surface area contributed by atoms with Crippen molar-refractivity contribution in [3.05, 3.63) is 47.0 Å². The first-order valence-electron chi connectivity index (χ1n) is 6.79. The number of carbonyl (C=O) groups excluding carboxylic acids is 1. The van der Waals surface area contributed by atoms with Crippen molar-refractivity contribution in [2.24, 2.45) is 0 Å². The second-order valence-corrected chi connectivity index (χ2v) is 5.89. The quantitative estimate of drug-likeness (QED) is 0.864. The van der Waals surface area contributed by atoms with Crippen molar-refractivity contribution in [1.29, 1.82) is 0 Å². The number of hydrogen-bond donors (Lipinski definition) is 0. The minimum absolute atomic E-state index is 0.0278. The van der Waals surface area contributed by atoms with Crippen LogP contribution >= 0.6 is 11.3 Å². The van der Waals surface area contributed by atoms with Gasteiger partial charge in [-0.3, -0.25) is 4.79 Å². The Balaban J connectivity index is 1.77. The van der Waals surface area contributed by atoms with E-state index >= 15 is 0 Å². The maximum Gasteiger partial charge on any atom is 0.288 e. The Kier molecular flexibility index (Phi) is 3.74. The van der Waals surface area contributed by atoms with E-state index in [0.717, 1.165) is 12.8 Å². The monoisotopic (exact) mass is 287 g/mol. The molecule has 1 amide bonds. The SMILES string of the molecule is CN(Cc1csc2ccccc12)C(=O)C1=CCCCO1. The molecule has 0 N–H and O–H groups in total. The summed E-state index contributed by atoms with van der Waals surface area (Å²) in [5, 5.41) is 3.36. The largest absolute Gasteiger partial charge is 0.488 e. The summed E-state index contributed by atoms with van der Waals surface area (Å²) < 4.78 is 6.70. The first kappa shape index (κ1) is 13.2. The number of benzene rings is 1. The van der Waals surface area contributed by atoms with Gasteiger partial charge in [0.2, 0.25) is 0 Å². The van der Waals surface area contributed by atoms with Crippen LogP contribution in [0.5, 0.6) is 0 Å². The molecule has 1 aliphatic rings. The lowest BCUT2D eigenvalue weighted by Crippen LogP contribution is -2.29. The summed E-state index contributed by atoms with van der Waals surface area (Å²) in [5.74, 6) is 0.471. The zero-order chi connectivity index (χ0) is 13.9. The van der Waals surface area contributed by atoms with Gasteiger partial charge in [-0.15, -0.1) is 11.3 Å². The van der Waals surface area contributed by atoms with Crippen LogP contribution in [-0.2, 0) is 16.1 Å². The Morgan fingerprint density at radius 2 is 2.25 bits per heavy atom. The molecule has 1 aromatic heterocycles. The number of fused-ring (bicyclic) bond motifs is 1. The number of amides is 1. The Morgan fingerprint density at radius 1 is 1.40 bits per heavy atom. The van der Waals surface area contributed by atoms with Gasteiger partial charge >= 0.3 is 0 Å². The Labute approximate surface area is 122 Å². The smallest absolute Gasteiger partial charge is 0.288 e. The molecule has 1 aliphatic heterocycles. The third-order valence-corrected chi connectivity index (χ3v) is 4.47. The van der Waals surface area contributed by atoms with E-state index in [9.17, 15) is 4.79 Å². The minimum Gasteiger partial charge on any atom is -0.488 e. The van der Waals surface area contributed by atoms with E-state index in [4.69, 9.17) is 4.74 Å². The average molecular weight is 287 g/mol. The summed E-state index contributed by atoms with van der Waals surface area (Å²) >= 11 is 1.72. The summed E-state index contributed by atoms with van der Waals surface area (Å²) in [6.07, 6.45) is 3.82. The number of carbonyl (C=O) groups is 1. The van der Waals surface area contributed by atoms with Crippen LogP contribution in [0.1, 0.15) is 18.4 Å². The highest BCUT2D eigenvalue weighted by Crippen LogP contribution is 2.26. The maximum atomic E-state index is 12.3. The first-order valence-corrected chi connectivity index (χ1v) is 7.67. The van der Waals surface area contributed by atoms with Crippen molar-refractivity contribution in [3.8, 4) is 0 Å². The van der Waals surface area contributed by atoms with Crippen LogP contribution in [0.2, 0.25) is 0 Å². The van der Waals surface area contributed by atoms with Crippen molar-refractivity contribution in [2.75, 3.05) is 13.7 Å². The number of ether oxygens (including phenoxy) is 1. The third kappa shape index (κ3) is 2.56. The molecule has 104 valence electrons. The molecule has 0 bridgehead atoms. The topological polar surface area (TPSA) is 29.5 Å². The first-order chi connectivity index (χ1) is 9.75. The fourth-order valence-electron chi connectivity index (χ4n) is 2.38. The van der Waals surface area contributed by atoms with E-state index < -0.39 is 0 Å². The highest BCUT2D eigenvalue weighted by molar-refractivity contribution is 7.17. The van der Waals surface area contributed by atoms with Crippen molar-refractivity contribution in [2.45, 2.75) is 19.4 Å². The number of hydrogen-bond acceptors (Lipinski definition) is 3. The summed E-state index contributed by atoms with van der Waals surface area (Å²) in [7, 11) is 1.83. The standard InChI is InChI=1S/C16H17NO2S/c1-17(16(18)14-7-4-5-9-19-14)10-12-11-20-15-8-3-2-6-13(12)15/h2-3,6-8,11H,4-5,9-10H2,1H3. The van der Waals surface area contributed by atoms with Crippen LogP contribution in [0, 0.1) is 0 Å². The van der Waals surface area contributed by atoms with Crippen molar-refractivity contribution >= 4 is 27.3 Å². The fraction of sp³-hybridized carbons (Fsp3) is 0.312.